The average molecular weight is 469 g/mol. The van der Waals surface area contributed by atoms with Crippen molar-refractivity contribution in [3.8, 4) is 11.3 Å². The Morgan fingerprint density at radius 1 is 0.971 bits per heavy atom. The van der Waals surface area contributed by atoms with Gasteiger partial charge in [0, 0.05) is 5.56 Å². The zero-order chi connectivity index (χ0) is 24.3. The van der Waals surface area contributed by atoms with Crippen molar-refractivity contribution in [2.75, 3.05) is 0 Å². The molecule has 1 atom stereocenters. The van der Waals surface area contributed by atoms with Crippen molar-refractivity contribution in [2.45, 2.75) is 25.2 Å². The second-order valence-electron chi connectivity index (χ2n) is 7.47. The Labute approximate surface area is 191 Å². The minimum atomic E-state index is -5.27. The molecular formula is C23H18F3N5O3. The van der Waals surface area contributed by atoms with Crippen molar-refractivity contribution < 1.29 is 27.5 Å². The van der Waals surface area contributed by atoms with Gasteiger partial charge in [-0.1, -0.05) is 54.6 Å². The lowest BCUT2D eigenvalue weighted by molar-refractivity contribution is -0.202. The summed E-state index contributed by atoms with van der Waals surface area (Å²) < 4.78 is 42.4. The fraction of sp³-hybridized carbons (Fsp3) is 0.174. The molecule has 4 rings (SSSR count). The average Bonchev–Trinajstić information content (AvgIpc) is 3.22. The third-order valence-electron chi connectivity index (χ3n) is 5.01. The second kappa shape index (κ2) is 9.40. The van der Waals surface area contributed by atoms with Crippen LogP contribution in [0, 0.1) is 0 Å². The summed E-state index contributed by atoms with van der Waals surface area (Å²) in [7, 11) is 0. The van der Waals surface area contributed by atoms with Crippen LogP contribution >= 0.6 is 0 Å². The van der Waals surface area contributed by atoms with Crippen LogP contribution in [-0.2, 0) is 27.3 Å². The highest BCUT2D eigenvalue weighted by molar-refractivity contribution is 5.91. The van der Waals surface area contributed by atoms with E-state index in [-0.39, 0.29) is 6.42 Å². The van der Waals surface area contributed by atoms with E-state index in [2.05, 4.69) is 19.7 Å². The predicted molar refractivity (Wildman–Crippen MR) is 115 cm³/mol. The molecule has 34 heavy (non-hydrogen) atoms. The molecule has 2 heterocycles. The number of ether oxygens (including phenoxy) is 1. The van der Waals surface area contributed by atoms with E-state index in [1.54, 1.807) is 30.6 Å². The van der Waals surface area contributed by atoms with E-state index in [9.17, 15) is 22.8 Å². The van der Waals surface area contributed by atoms with Gasteiger partial charge in [0.05, 0.1) is 12.9 Å². The summed E-state index contributed by atoms with van der Waals surface area (Å²) in [5.74, 6) is -4.05. The van der Waals surface area contributed by atoms with Crippen molar-refractivity contribution in [2.24, 2.45) is 5.73 Å². The number of esters is 2. The molecular weight excluding hydrogens is 451 g/mol. The van der Waals surface area contributed by atoms with Gasteiger partial charge in [-0.15, -0.1) is 0 Å². The van der Waals surface area contributed by atoms with Gasteiger partial charge < -0.3 is 15.0 Å². The van der Waals surface area contributed by atoms with Crippen LogP contribution in [0.25, 0.3) is 22.4 Å². The number of hydrogen-bond donors (Lipinski definition) is 1. The largest absolute Gasteiger partial charge is 0.491 e. The van der Waals surface area contributed by atoms with E-state index in [1.165, 1.54) is 6.33 Å². The molecule has 0 fully saturated rings. The molecule has 4 aromatic rings. The molecule has 0 saturated carbocycles. The molecule has 0 saturated heterocycles. The molecule has 1 unspecified atom stereocenters. The van der Waals surface area contributed by atoms with Gasteiger partial charge in [-0.3, -0.25) is 0 Å². The fourth-order valence-electron chi connectivity index (χ4n) is 3.35. The Bertz CT molecular complexity index is 1320. The lowest BCUT2D eigenvalue weighted by Crippen LogP contribution is -2.38. The molecule has 0 spiro atoms. The third kappa shape index (κ3) is 5.09. The predicted octanol–water partition coefficient (Wildman–Crippen LogP) is 3.04. The number of halogens is 3. The van der Waals surface area contributed by atoms with E-state index in [4.69, 9.17) is 5.73 Å². The third-order valence-corrected chi connectivity index (χ3v) is 5.01. The van der Waals surface area contributed by atoms with E-state index >= 15 is 0 Å². The van der Waals surface area contributed by atoms with Crippen molar-refractivity contribution in [1.82, 2.24) is 19.5 Å². The number of carbonyl (C=O) groups excluding carboxylic acids is 2. The number of rotatable bonds is 6. The molecule has 11 heteroatoms. The van der Waals surface area contributed by atoms with Gasteiger partial charge in [-0.2, -0.15) is 13.2 Å². The maximum absolute atomic E-state index is 12.2. The minimum absolute atomic E-state index is 0.116. The molecule has 2 aromatic heterocycles. The monoisotopic (exact) mass is 469 g/mol. The molecule has 8 nitrogen and oxygen atoms in total. The maximum atomic E-state index is 12.2. The van der Waals surface area contributed by atoms with Gasteiger partial charge in [-0.05, 0) is 17.5 Å². The quantitative estimate of drug-likeness (QED) is 0.341. The maximum Gasteiger partial charge on any atom is 0.491 e. The van der Waals surface area contributed by atoms with E-state index in [0.717, 1.165) is 11.1 Å². The summed E-state index contributed by atoms with van der Waals surface area (Å²) in [5.41, 5.74) is 9.86. The van der Waals surface area contributed by atoms with Crippen LogP contribution in [0.1, 0.15) is 11.1 Å². The lowest BCUT2D eigenvalue weighted by Gasteiger charge is -2.12. The standard InChI is InChI=1S/C23H18F3N5O3/c24-23(25,26)22(33)34-21(32)17(27)10-14-6-8-16(9-7-14)18-19-20(29-12-28-18)31(13-30-19)11-15-4-2-1-3-5-15/h1-9,12-13,17H,10-11,27H2. The summed E-state index contributed by atoms with van der Waals surface area (Å²) in [6.45, 7) is 0.595. The zero-order valence-corrected chi connectivity index (χ0v) is 17.6. The molecule has 0 aliphatic heterocycles. The fourth-order valence-corrected chi connectivity index (χ4v) is 3.35. The van der Waals surface area contributed by atoms with Crippen molar-refractivity contribution in [1.29, 1.82) is 0 Å². The summed E-state index contributed by atoms with van der Waals surface area (Å²) in [6, 6.07) is 15.2. The van der Waals surface area contributed by atoms with Crippen LogP contribution in [0.15, 0.2) is 67.3 Å². The topological polar surface area (TPSA) is 113 Å². The Hall–Kier alpha value is -4.12. The van der Waals surface area contributed by atoms with Crippen LogP contribution in [0.4, 0.5) is 13.2 Å². The first kappa shape index (κ1) is 23.1. The first-order valence-corrected chi connectivity index (χ1v) is 10.1. The van der Waals surface area contributed by atoms with E-state index < -0.39 is 24.2 Å². The first-order valence-electron chi connectivity index (χ1n) is 10.1. The SMILES string of the molecule is NC(Cc1ccc(-c2ncnc3c2ncn3Cc2ccccc2)cc1)C(=O)OC(=O)C(F)(F)F. The highest BCUT2D eigenvalue weighted by atomic mass is 19.4. The number of fused-ring (bicyclic) bond motifs is 1. The molecule has 2 N–H and O–H groups in total. The molecule has 0 bridgehead atoms. The minimum Gasteiger partial charge on any atom is -0.385 e. The molecule has 0 aliphatic rings. The van der Waals surface area contributed by atoms with Crippen molar-refractivity contribution >= 4 is 23.1 Å². The van der Waals surface area contributed by atoms with Crippen LogP contribution < -0.4 is 5.73 Å². The van der Waals surface area contributed by atoms with Gasteiger partial charge in [0.1, 0.15) is 23.6 Å². The van der Waals surface area contributed by atoms with Crippen LogP contribution in [0.5, 0.6) is 0 Å². The molecule has 0 aliphatic carbocycles. The summed E-state index contributed by atoms with van der Waals surface area (Å²) in [6.07, 6.45) is -2.25. The summed E-state index contributed by atoms with van der Waals surface area (Å²) in [5, 5.41) is 0. The van der Waals surface area contributed by atoms with Crippen LogP contribution in [-0.4, -0.2) is 43.7 Å². The van der Waals surface area contributed by atoms with Crippen molar-refractivity contribution in [3.05, 3.63) is 78.4 Å². The number of nitrogens with two attached hydrogens (primary N) is 1. The van der Waals surface area contributed by atoms with Gasteiger partial charge in [-0.25, -0.2) is 24.5 Å². The zero-order valence-electron chi connectivity index (χ0n) is 17.6. The molecule has 174 valence electrons. The smallest absolute Gasteiger partial charge is 0.385 e. The second-order valence-corrected chi connectivity index (χ2v) is 7.47. The number of hydrogen-bond acceptors (Lipinski definition) is 7. The Balaban J connectivity index is 1.49. The molecule has 0 amide bonds. The number of aromatic nitrogens is 4. The van der Waals surface area contributed by atoms with E-state index in [0.29, 0.717) is 29.0 Å². The highest BCUT2D eigenvalue weighted by Gasteiger charge is 2.43. The van der Waals surface area contributed by atoms with Gasteiger partial charge >= 0.3 is 18.1 Å². The number of carbonyl (C=O) groups is 2. The number of benzene rings is 2. The number of nitrogens with zero attached hydrogens (tertiary/aromatic N) is 4. The number of imidazole rings is 1. The summed E-state index contributed by atoms with van der Waals surface area (Å²) in [4.78, 5) is 35.6. The Morgan fingerprint density at radius 3 is 2.35 bits per heavy atom. The first-order chi connectivity index (χ1) is 16.2. The van der Waals surface area contributed by atoms with Gasteiger partial charge in [0.2, 0.25) is 0 Å². The molecule has 0 radical (unpaired) electrons. The Morgan fingerprint density at radius 2 is 1.68 bits per heavy atom. The van der Waals surface area contributed by atoms with Gasteiger partial charge in [0.15, 0.2) is 5.65 Å². The Kier molecular flexibility index (Phi) is 6.37. The lowest BCUT2D eigenvalue weighted by atomic mass is 10.0. The van der Waals surface area contributed by atoms with Crippen LogP contribution in [0.3, 0.4) is 0 Å². The normalized spacial score (nSPS) is 12.5. The summed E-state index contributed by atoms with van der Waals surface area (Å²) >= 11 is 0. The molecule has 2 aromatic carbocycles. The van der Waals surface area contributed by atoms with E-state index in [1.807, 2.05) is 34.9 Å². The van der Waals surface area contributed by atoms with Crippen LogP contribution in [0.2, 0.25) is 0 Å². The highest BCUT2D eigenvalue weighted by Crippen LogP contribution is 2.25. The van der Waals surface area contributed by atoms with Crippen molar-refractivity contribution in [3.63, 3.8) is 0 Å². The number of alkyl halides is 3. The van der Waals surface area contributed by atoms with Gasteiger partial charge in [0.25, 0.3) is 0 Å².